The fraction of sp³-hybridized carbons (Fsp3) is 0.438. The number of aromatic nitrogens is 3. The van der Waals surface area contributed by atoms with Crippen LogP contribution in [0.1, 0.15) is 30.3 Å². The number of nitrogens with zero attached hydrogens (tertiary/aromatic N) is 3. The van der Waals surface area contributed by atoms with E-state index in [1.165, 1.54) is 17.8 Å². The van der Waals surface area contributed by atoms with Crippen LogP contribution in [0.25, 0.3) is 0 Å². The number of halogens is 1. The molecule has 5 nitrogen and oxygen atoms in total. The highest BCUT2D eigenvalue weighted by atomic mass is 32.2. The molecule has 0 unspecified atom stereocenters. The predicted molar refractivity (Wildman–Crippen MR) is 86.9 cm³/mol. The maximum Gasteiger partial charge on any atom is 0.230 e. The van der Waals surface area contributed by atoms with E-state index in [9.17, 15) is 9.18 Å². The van der Waals surface area contributed by atoms with Gasteiger partial charge >= 0.3 is 0 Å². The van der Waals surface area contributed by atoms with Gasteiger partial charge in [-0.2, -0.15) is 0 Å². The molecule has 1 aromatic heterocycles. The van der Waals surface area contributed by atoms with E-state index >= 15 is 0 Å². The number of amides is 1. The van der Waals surface area contributed by atoms with Gasteiger partial charge in [-0.25, -0.2) is 4.39 Å². The molecule has 3 rings (SSSR count). The standard InChI is InChI=1S/C16H19FN4OS/c1-11-19-20-16(21(11)13-6-7-13)23-10-15(22)18-9-8-12-4-2-3-5-14(12)17/h2-5,13H,6-10H2,1H3,(H,18,22). The summed E-state index contributed by atoms with van der Waals surface area (Å²) in [5.74, 6) is 0.885. The van der Waals surface area contributed by atoms with Crippen molar-refractivity contribution < 1.29 is 9.18 Å². The summed E-state index contributed by atoms with van der Waals surface area (Å²) in [6, 6.07) is 7.11. The van der Waals surface area contributed by atoms with Crippen LogP contribution in [-0.4, -0.2) is 33.0 Å². The van der Waals surface area contributed by atoms with Crippen molar-refractivity contribution in [2.45, 2.75) is 37.4 Å². The minimum Gasteiger partial charge on any atom is -0.355 e. The zero-order valence-corrected chi connectivity index (χ0v) is 13.8. The second kappa shape index (κ2) is 7.12. The van der Waals surface area contributed by atoms with E-state index in [0.29, 0.717) is 30.3 Å². The number of benzene rings is 1. The molecule has 2 aromatic rings. The summed E-state index contributed by atoms with van der Waals surface area (Å²) in [6.07, 6.45) is 2.79. The molecule has 1 amide bonds. The number of carbonyl (C=O) groups excluding carboxylic acids is 1. The van der Waals surface area contributed by atoms with Crippen molar-refractivity contribution in [1.29, 1.82) is 0 Å². The average molecular weight is 334 g/mol. The molecule has 7 heteroatoms. The first kappa shape index (κ1) is 16.0. The van der Waals surface area contributed by atoms with E-state index in [2.05, 4.69) is 20.1 Å². The lowest BCUT2D eigenvalue weighted by atomic mass is 10.1. The molecule has 1 saturated carbocycles. The van der Waals surface area contributed by atoms with Crippen LogP contribution < -0.4 is 5.32 Å². The average Bonchev–Trinajstić information content (AvgIpc) is 3.30. The monoisotopic (exact) mass is 334 g/mol. The van der Waals surface area contributed by atoms with Crippen LogP contribution in [0.2, 0.25) is 0 Å². The Labute approximate surface area is 138 Å². The highest BCUT2D eigenvalue weighted by molar-refractivity contribution is 7.99. The summed E-state index contributed by atoms with van der Waals surface area (Å²) in [5, 5.41) is 11.8. The van der Waals surface area contributed by atoms with Gasteiger partial charge in [-0.05, 0) is 37.8 Å². The predicted octanol–water partition coefficient (Wildman–Crippen LogP) is 2.51. The summed E-state index contributed by atoms with van der Waals surface area (Å²) in [7, 11) is 0. The van der Waals surface area contributed by atoms with E-state index < -0.39 is 0 Å². The molecule has 1 aromatic carbocycles. The molecule has 1 aliphatic rings. The van der Waals surface area contributed by atoms with Crippen LogP contribution in [0.15, 0.2) is 29.4 Å². The van der Waals surface area contributed by atoms with Gasteiger partial charge in [0.1, 0.15) is 11.6 Å². The van der Waals surface area contributed by atoms with Crippen molar-refractivity contribution in [2.75, 3.05) is 12.3 Å². The quantitative estimate of drug-likeness (QED) is 0.791. The van der Waals surface area contributed by atoms with Gasteiger partial charge in [0.2, 0.25) is 5.91 Å². The number of hydrogen-bond acceptors (Lipinski definition) is 4. The van der Waals surface area contributed by atoms with Crippen molar-refractivity contribution in [2.24, 2.45) is 0 Å². The number of carbonyl (C=O) groups is 1. The Morgan fingerprint density at radius 1 is 1.39 bits per heavy atom. The Balaban J connectivity index is 1.44. The van der Waals surface area contributed by atoms with Crippen LogP contribution in [0.4, 0.5) is 4.39 Å². The Morgan fingerprint density at radius 3 is 2.91 bits per heavy atom. The SMILES string of the molecule is Cc1nnc(SCC(=O)NCCc2ccccc2F)n1C1CC1. The number of hydrogen-bond donors (Lipinski definition) is 1. The van der Waals surface area contributed by atoms with Gasteiger partial charge in [0, 0.05) is 12.6 Å². The topological polar surface area (TPSA) is 59.8 Å². The molecule has 0 radical (unpaired) electrons. The second-order valence-electron chi connectivity index (χ2n) is 5.61. The maximum absolute atomic E-state index is 13.5. The van der Waals surface area contributed by atoms with Gasteiger partial charge in [0.25, 0.3) is 0 Å². The zero-order chi connectivity index (χ0) is 16.2. The van der Waals surface area contributed by atoms with Crippen molar-refractivity contribution in [3.8, 4) is 0 Å². The highest BCUT2D eigenvalue weighted by Crippen LogP contribution is 2.38. The zero-order valence-electron chi connectivity index (χ0n) is 13.0. The van der Waals surface area contributed by atoms with E-state index in [1.54, 1.807) is 18.2 Å². The molecule has 23 heavy (non-hydrogen) atoms. The summed E-state index contributed by atoms with van der Waals surface area (Å²) in [5.41, 5.74) is 0.615. The van der Waals surface area contributed by atoms with E-state index in [4.69, 9.17) is 0 Å². The maximum atomic E-state index is 13.5. The molecule has 0 bridgehead atoms. The lowest BCUT2D eigenvalue weighted by molar-refractivity contribution is -0.118. The third-order valence-corrected chi connectivity index (χ3v) is 4.70. The summed E-state index contributed by atoms with van der Waals surface area (Å²) >= 11 is 1.40. The molecule has 0 atom stereocenters. The minimum atomic E-state index is -0.232. The van der Waals surface area contributed by atoms with Crippen LogP contribution >= 0.6 is 11.8 Å². The summed E-state index contributed by atoms with van der Waals surface area (Å²) in [6.45, 7) is 2.36. The molecule has 0 saturated heterocycles. The van der Waals surface area contributed by atoms with Gasteiger partial charge in [-0.3, -0.25) is 4.79 Å². The molecule has 0 aliphatic heterocycles. The van der Waals surface area contributed by atoms with E-state index in [-0.39, 0.29) is 11.7 Å². The van der Waals surface area contributed by atoms with Crippen molar-refractivity contribution in [3.63, 3.8) is 0 Å². The first-order valence-electron chi connectivity index (χ1n) is 7.69. The summed E-state index contributed by atoms with van der Waals surface area (Å²) in [4.78, 5) is 11.9. The molecule has 1 fully saturated rings. The van der Waals surface area contributed by atoms with Gasteiger partial charge in [-0.1, -0.05) is 30.0 Å². The molecule has 1 heterocycles. The Morgan fingerprint density at radius 2 is 2.17 bits per heavy atom. The molecular formula is C16H19FN4OS. The minimum absolute atomic E-state index is 0.0747. The van der Waals surface area contributed by atoms with Gasteiger partial charge in [0.15, 0.2) is 5.16 Å². The first-order valence-corrected chi connectivity index (χ1v) is 8.68. The highest BCUT2D eigenvalue weighted by Gasteiger charge is 2.28. The normalized spacial score (nSPS) is 14.0. The molecular weight excluding hydrogens is 315 g/mol. The number of thioether (sulfide) groups is 1. The van der Waals surface area contributed by atoms with Crippen LogP contribution in [0.5, 0.6) is 0 Å². The molecule has 1 N–H and O–H groups in total. The second-order valence-corrected chi connectivity index (χ2v) is 6.55. The van der Waals surface area contributed by atoms with Crippen LogP contribution in [0.3, 0.4) is 0 Å². The smallest absolute Gasteiger partial charge is 0.230 e. The van der Waals surface area contributed by atoms with Crippen molar-refractivity contribution in [3.05, 3.63) is 41.5 Å². The fourth-order valence-corrected chi connectivity index (χ4v) is 3.30. The molecule has 122 valence electrons. The van der Waals surface area contributed by atoms with Gasteiger partial charge in [0.05, 0.1) is 5.75 Å². The Bertz CT molecular complexity index is 699. The van der Waals surface area contributed by atoms with Crippen molar-refractivity contribution in [1.82, 2.24) is 20.1 Å². The molecule has 0 spiro atoms. The van der Waals surface area contributed by atoms with Gasteiger partial charge < -0.3 is 9.88 Å². The van der Waals surface area contributed by atoms with E-state index in [1.807, 2.05) is 6.92 Å². The van der Waals surface area contributed by atoms with Crippen LogP contribution in [0, 0.1) is 12.7 Å². The number of rotatable bonds is 7. The first-order chi connectivity index (χ1) is 11.1. The van der Waals surface area contributed by atoms with Crippen molar-refractivity contribution >= 4 is 17.7 Å². The Hall–Kier alpha value is -1.89. The number of nitrogens with one attached hydrogen (secondary N) is 1. The lowest BCUT2D eigenvalue weighted by Gasteiger charge is -2.07. The van der Waals surface area contributed by atoms with E-state index in [0.717, 1.165) is 23.8 Å². The molecule has 1 aliphatic carbocycles. The fourth-order valence-electron chi connectivity index (χ4n) is 2.42. The van der Waals surface area contributed by atoms with Crippen LogP contribution in [-0.2, 0) is 11.2 Å². The third-order valence-electron chi connectivity index (χ3n) is 3.75. The van der Waals surface area contributed by atoms with Gasteiger partial charge in [-0.15, -0.1) is 10.2 Å². The number of aryl methyl sites for hydroxylation is 1. The third kappa shape index (κ3) is 4.10. The largest absolute Gasteiger partial charge is 0.355 e. The Kier molecular flexibility index (Phi) is 4.95. The lowest BCUT2D eigenvalue weighted by Crippen LogP contribution is -2.27. The summed E-state index contributed by atoms with van der Waals surface area (Å²) < 4.78 is 15.6.